The Hall–Kier alpha value is -2.08. The number of hydrogen-bond acceptors (Lipinski definition) is 4. The number of carbonyl (C=O) groups is 1. The average Bonchev–Trinajstić information content (AvgIpc) is 2.63. The lowest BCUT2D eigenvalue weighted by Crippen LogP contribution is -2.27. The van der Waals surface area contributed by atoms with Gasteiger partial charge in [-0.25, -0.2) is 0 Å². The van der Waals surface area contributed by atoms with Gasteiger partial charge in [-0.15, -0.1) is 0 Å². The number of hydrogen-bond donors (Lipinski definition) is 1. The molecule has 0 aliphatic rings. The molecule has 1 unspecified atom stereocenters. The quantitative estimate of drug-likeness (QED) is 0.560. The Morgan fingerprint density at radius 2 is 1.96 bits per heavy atom. The number of halogens is 2. The van der Waals surface area contributed by atoms with Crippen molar-refractivity contribution in [3.8, 4) is 0 Å². The molecule has 138 valence electrons. The van der Waals surface area contributed by atoms with Crippen LogP contribution in [0.4, 0.5) is 0 Å². The molecule has 0 fully saturated rings. The maximum Gasteiger partial charge on any atom is 0.253 e. The molecule has 26 heavy (non-hydrogen) atoms. The normalized spacial score (nSPS) is 12.6. The van der Waals surface area contributed by atoms with Gasteiger partial charge in [0.25, 0.3) is 5.91 Å². The van der Waals surface area contributed by atoms with Crippen molar-refractivity contribution in [3.63, 3.8) is 0 Å². The van der Waals surface area contributed by atoms with Crippen LogP contribution in [0.3, 0.4) is 0 Å². The number of likely N-dealkylation sites (N-methyl/N-ethyl adjacent to an activating group) is 1. The van der Waals surface area contributed by atoms with Crippen molar-refractivity contribution in [1.29, 1.82) is 0 Å². The number of ether oxygens (including phenoxy) is 1. The van der Waals surface area contributed by atoms with Gasteiger partial charge in [0.15, 0.2) is 6.10 Å². The molecular weight excluding hydrogens is 375 g/mol. The molecule has 0 saturated heterocycles. The van der Waals surface area contributed by atoms with Gasteiger partial charge in [0, 0.05) is 24.7 Å². The van der Waals surface area contributed by atoms with E-state index < -0.39 is 6.10 Å². The van der Waals surface area contributed by atoms with E-state index in [1.165, 1.54) is 7.11 Å². The Labute approximate surface area is 162 Å². The molecule has 1 atom stereocenters. The van der Waals surface area contributed by atoms with Crippen molar-refractivity contribution in [3.05, 3.63) is 69.2 Å². The van der Waals surface area contributed by atoms with Gasteiger partial charge in [-0.2, -0.15) is 0 Å². The summed E-state index contributed by atoms with van der Waals surface area (Å²) in [5.41, 5.74) is 2.90. The predicted octanol–water partition coefficient (Wildman–Crippen LogP) is 4.37. The zero-order valence-corrected chi connectivity index (χ0v) is 16.3. The summed E-state index contributed by atoms with van der Waals surface area (Å²) in [7, 11) is 3.05. The minimum atomic E-state index is -0.712. The van der Waals surface area contributed by atoms with Crippen LogP contribution in [0.25, 0.3) is 0 Å². The van der Waals surface area contributed by atoms with E-state index in [1.54, 1.807) is 32.2 Å². The van der Waals surface area contributed by atoms with E-state index in [0.717, 1.165) is 16.7 Å². The first-order chi connectivity index (χ1) is 12.5. The molecule has 0 bridgehead atoms. The topological polar surface area (TPSA) is 59.9 Å². The first kappa shape index (κ1) is 20.2. The van der Waals surface area contributed by atoms with Crippen LogP contribution in [0.1, 0.15) is 29.7 Å². The van der Waals surface area contributed by atoms with Crippen LogP contribution < -0.4 is 5.32 Å². The zero-order chi connectivity index (χ0) is 19.1. The summed E-state index contributed by atoms with van der Waals surface area (Å²) in [6.45, 7) is 1.99. The summed E-state index contributed by atoms with van der Waals surface area (Å²) in [5, 5.41) is 7.77. The molecule has 2 aromatic carbocycles. The number of rotatable bonds is 7. The van der Waals surface area contributed by atoms with Crippen LogP contribution in [0, 0.1) is 0 Å². The number of oxime groups is 1. The second-order valence-electron chi connectivity index (χ2n) is 5.50. The highest BCUT2D eigenvalue weighted by atomic mass is 35.5. The maximum atomic E-state index is 12.0. The molecule has 0 aromatic heterocycles. The third kappa shape index (κ3) is 4.97. The monoisotopic (exact) mass is 394 g/mol. The second kappa shape index (κ2) is 9.57. The number of amides is 1. The Kier molecular flexibility index (Phi) is 7.45. The molecular formula is C19H20Cl2N2O3. The third-order valence-corrected chi connectivity index (χ3v) is 4.35. The van der Waals surface area contributed by atoms with E-state index in [1.807, 2.05) is 24.3 Å². The molecule has 0 heterocycles. The zero-order valence-electron chi connectivity index (χ0n) is 14.8. The highest BCUT2D eigenvalue weighted by molar-refractivity contribution is 6.36. The van der Waals surface area contributed by atoms with E-state index in [0.29, 0.717) is 15.8 Å². The van der Waals surface area contributed by atoms with Crippen molar-refractivity contribution in [2.45, 2.75) is 19.6 Å². The van der Waals surface area contributed by atoms with Crippen LogP contribution in [0.15, 0.2) is 47.6 Å². The third-order valence-electron chi connectivity index (χ3n) is 3.80. The summed E-state index contributed by atoms with van der Waals surface area (Å²) in [6, 6.07) is 12.6. The fraction of sp³-hybridized carbons (Fsp3) is 0.263. The molecule has 0 spiro atoms. The van der Waals surface area contributed by atoms with Crippen molar-refractivity contribution in [2.75, 3.05) is 14.2 Å². The van der Waals surface area contributed by atoms with Gasteiger partial charge in [0.05, 0.1) is 10.7 Å². The number of nitrogens with zero attached hydrogens (tertiary/aromatic N) is 1. The lowest BCUT2D eigenvalue weighted by molar-refractivity contribution is -0.130. The first-order valence-corrected chi connectivity index (χ1v) is 8.67. The fourth-order valence-corrected chi connectivity index (χ4v) is 3.00. The Bertz CT molecular complexity index is 809. The Morgan fingerprint density at radius 1 is 1.23 bits per heavy atom. The van der Waals surface area contributed by atoms with Gasteiger partial charge >= 0.3 is 0 Å². The minimum Gasteiger partial charge on any atom is -0.391 e. The van der Waals surface area contributed by atoms with Gasteiger partial charge in [-0.3, -0.25) is 4.79 Å². The number of methoxy groups -OCH3 is 1. The van der Waals surface area contributed by atoms with E-state index in [9.17, 15) is 4.79 Å². The van der Waals surface area contributed by atoms with Crippen molar-refractivity contribution in [1.82, 2.24) is 5.32 Å². The predicted molar refractivity (Wildman–Crippen MR) is 104 cm³/mol. The van der Waals surface area contributed by atoms with Crippen LogP contribution in [-0.4, -0.2) is 25.8 Å². The molecule has 0 radical (unpaired) electrons. The first-order valence-electron chi connectivity index (χ1n) is 7.92. The molecule has 0 saturated carbocycles. The van der Waals surface area contributed by atoms with Crippen LogP contribution in [0.2, 0.25) is 10.0 Å². The van der Waals surface area contributed by atoms with Crippen LogP contribution >= 0.6 is 23.2 Å². The Morgan fingerprint density at radius 3 is 2.62 bits per heavy atom. The second-order valence-corrected chi connectivity index (χ2v) is 6.35. The SMILES string of the molecule is CNC(=O)C(OC)c1ccccc1CO/N=C(\C)c1ccc(Cl)cc1Cl. The van der Waals surface area contributed by atoms with Gasteiger partial charge in [0.1, 0.15) is 6.61 Å². The van der Waals surface area contributed by atoms with Gasteiger partial charge in [-0.05, 0) is 30.2 Å². The van der Waals surface area contributed by atoms with Crippen molar-refractivity contribution >= 4 is 34.8 Å². The summed E-state index contributed by atoms with van der Waals surface area (Å²) < 4.78 is 5.32. The fourth-order valence-electron chi connectivity index (χ4n) is 2.46. The largest absolute Gasteiger partial charge is 0.391 e. The van der Waals surface area contributed by atoms with E-state index >= 15 is 0 Å². The van der Waals surface area contributed by atoms with Gasteiger partial charge in [0.2, 0.25) is 0 Å². The van der Waals surface area contributed by atoms with E-state index in [2.05, 4.69) is 10.5 Å². The maximum absolute atomic E-state index is 12.0. The summed E-state index contributed by atoms with van der Waals surface area (Å²) >= 11 is 12.1. The summed E-state index contributed by atoms with van der Waals surface area (Å²) in [6.07, 6.45) is -0.712. The molecule has 1 amide bonds. The lowest BCUT2D eigenvalue weighted by Gasteiger charge is -2.17. The Balaban J connectivity index is 2.16. The molecule has 7 heteroatoms. The summed E-state index contributed by atoms with van der Waals surface area (Å²) in [4.78, 5) is 17.5. The molecule has 2 aromatic rings. The molecule has 0 aliphatic carbocycles. The van der Waals surface area contributed by atoms with Crippen molar-refractivity contribution < 1.29 is 14.4 Å². The molecule has 2 rings (SSSR count). The molecule has 5 nitrogen and oxygen atoms in total. The number of benzene rings is 2. The number of nitrogens with one attached hydrogen (secondary N) is 1. The highest BCUT2D eigenvalue weighted by Crippen LogP contribution is 2.23. The van der Waals surface area contributed by atoms with Crippen molar-refractivity contribution in [2.24, 2.45) is 5.16 Å². The number of carbonyl (C=O) groups excluding carboxylic acids is 1. The molecule has 1 N–H and O–H groups in total. The minimum absolute atomic E-state index is 0.190. The van der Waals surface area contributed by atoms with E-state index in [4.69, 9.17) is 32.8 Å². The van der Waals surface area contributed by atoms with E-state index in [-0.39, 0.29) is 12.5 Å². The van der Waals surface area contributed by atoms with Gasteiger partial charge in [-0.1, -0.05) is 58.7 Å². The van der Waals surface area contributed by atoms with Gasteiger partial charge < -0.3 is 14.9 Å². The highest BCUT2D eigenvalue weighted by Gasteiger charge is 2.21. The van der Waals surface area contributed by atoms with Crippen LogP contribution in [-0.2, 0) is 21.0 Å². The summed E-state index contributed by atoms with van der Waals surface area (Å²) in [5.74, 6) is -0.229. The smallest absolute Gasteiger partial charge is 0.253 e. The average molecular weight is 395 g/mol. The molecule has 0 aliphatic heterocycles. The standard InChI is InChI=1S/C19H20Cl2N2O3/c1-12(15-9-8-14(20)10-17(15)21)23-26-11-13-6-4-5-7-16(13)18(25-3)19(24)22-2/h4-10,18H,11H2,1-3H3,(H,22,24)/b23-12+. The van der Waals surface area contributed by atoms with Crippen LogP contribution in [0.5, 0.6) is 0 Å². The lowest BCUT2D eigenvalue weighted by atomic mass is 10.0.